The molecule has 0 bridgehead atoms. The number of likely N-dealkylation sites (N-methyl/N-ethyl adjacent to an activating group) is 1. The summed E-state index contributed by atoms with van der Waals surface area (Å²) >= 11 is 1.61. The molecule has 1 aliphatic heterocycles. The van der Waals surface area contributed by atoms with Crippen LogP contribution in [0.4, 0.5) is 5.69 Å². The molecule has 140 valence electrons. The van der Waals surface area contributed by atoms with Crippen LogP contribution in [0.3, 0.4) is 0 Å². The molecule has 0 spiro atoms. The third-order valence-corrected chi connectivity index (χ3v) is 7.07. The van der Waals surface area contributed by atoms with Gasteiger partial charge in [0.05, 0.1) is 10.6 Å². The van der Waals surface area contributed by atoms with E-state index < -0.39 is 10.0 Å². The first-order valence-corrected chi connectivity index (χ1v) is 11.2. The zero-order chi connectivity index (χ0) is 18.3. The number of sulfonamides is 1. The van der Waals surface area contributed by atoms with Crippen molar-refractivity contribution < 1.29 is 13.2 Å². The number of benzene rings is 1. The average molecular weight is 386 g/mol. The third-order valence-electron chi connectivity index (χ3n) is 4.11. The fourth-order valence-electron chi connectivity index (χ4n) is 2.50. The molecule has 1 aliphatic rings. The van der Waals surface area contributed by atoms with Crippen LogP contribution in [0.1, 0.15) is 19.8 Å². The first-order valence-electron chi connectivity index (χ1n) is 8.60. The van der Waals surface area contributed by atoms with E-state index in [1.54, 1.807) is 36.0 Å². The molecule has 6 nitrogen and oxygen atoms in total. The maximum absolute atomic E-state index is 12.6. The number of nitrogens with one attached hydrogen (secondary N) is 1. The minimum Gasteiger partial charge on any atom is -0.325 e. The molecular weight excluding hydrogens is 358 g/mol. The Balaban J connectivity index is 1.91. The van der Waals surface area contributed by atoms with Crippen molar-refractivity contribution in [3.8, 4) is 0 Å². The quantitative estimate of drug-likeness (QED) is 0.694. The summed E-state index contributed by atoms with van der Waals surface area (Å²) < 4.78 is 26.8. The molecule has 1 heterocycles. The number of hydrogen-bond donors (Lipinski definition) is 1. The fourth-order valence-corrected chi connectivity index (χ4v) is 4.81. The molecule has 0 aliphatic carbocycles. The van der Waals surface area contributed by atoms with Crippen molar-refractivity contribution >= 4 is 33.4 Å². The number of unbranched alkanes of at least 4 members (excludes halogenated alkanes) is 1. The van der Waals surface area contributed by atoms with Gasteiger partial charge in [-0.3, -0.25) is 4.79 Å². The van der Waals surface area contributed by atoms with E-state index in [4.69, 9.17) is 0 Å². The Morgan fingerprint density at radius 3 is 2.40 bits per heavy atom. The summed E-state index contributed by atoms with van der Waals surface area (Å²) in [5.41, 5.74) is 0.624. The number of nitrogens with zero attached hydrogens (tertiary/aromatic N) is 2. The number of piperazine rings is 1. The van der Waals surface area contributed by atoms with Gasteiger partial charge in [0.15, 0.2) is 0 Å². The van der Waals surface area contributed by atoms with E-state index in [2.05, 4.69) is 17.1 Å². The third kappa shape index (κ3) is 5.99. The van der Waals surface area contributed by atoms with E-state index in [-0.39, 0.29) is 10.8 Å². The minimum absolute atomic E-state index is 0.0595. The summed E-state index contributed by atoms with van der Waals surface area (Å²) in [5, 5.41) is 2.81. The molecule has 1 aromatic carbocycles. The van der Waals surface area contributed by atoms with Crippen molar-refractivity contribution in [2.45, 2.75) is 24.7 Å². The molecule has 1 amide bonds. The molecule has 0 saturated carbocycles. The van der Waals surface area contributed by atoms with Gasteiger partial charge < -0.3 is 10.2 Å². The predicted octanol–water partition coefficient (Wildman–Crippen LogP) is 2.09. The highest BCUT2D eigenvalue weighted by Gasteiger charge is 2.27. The van der Waals surface area contributed by atoms with Gasteiger partial charge in [0, 0.05) is 31.9 Å². The first kappa shape index (κ1) is 20.2. The molecule has 1 fully saturated rings. The van der Waals surface area contributed by atoms with Crippen LogP contribution in [-0.2, 0) is 14.8 Å². The highest BCUT2D eigenvalue weighted by Crippen LogP contribution is 2.20. The van der Waals surface area contributed by atoms with Crippen LogP contribution in [0.2, 0.25) is 0 Å². The van der Waals surface area contributed by atoms with E-state index in [0.717, 1.165) is 31.7 Å². The number of thioether (sulfide) groups is 1. The van der Waals surface area contributed by atoms with Gasteiger partial charge in [-0.05, 0) is 43.5 Å². The van der Waals surface area contributed by atoms with Gasteiger partial charge in [0.25, 0.3) is 0 Å². The van der Waals surface area contributed by atoms with Crippen LogP contribution in [-0.4, -0.2) is 68.3 Å². The summed E-state index contributed by atoms with van der Waals surface area (Å²) in [6, 6.07) is 6.43. The molecule has 0 aromatic heterocycles. The lowest BCUT2D eigenvalue weighted by atomic mass is 10.3. The molecule has 1 N–H and O–H groups in total. The first-order chi connectivity index (χ1) is 11.9. The second-order valence-corrected chi connectivity index (χ2v) is 9.23. The van der Waals surface area contributed by atoms with Crippen LogP contribution < -0.4 is 5.32 Å². The summed E-state index contributed by atoms with van der Waals surface area (Å²) in [6.45, 7) is 4.61. The number of anilines is 1. The van der Waals surface area contributed by atoms with E-state index in [1.165, 1.54) is 4.31 Å². The van der Waals surface area contributed by atoms with Gasteiger partial charge >= 0.3 is 0 Å². The zero-order valence-electron chi connectivity index (χ0n) is 14.9. The van der Waals surface area contributed by atoms with E-state index in [9.17, 15) is 13.2 Å². The lowest BCUT2D eigenvalue weighted by Crippen LogP contribution is -2.46. The summed E-state index contributed by atoms with van der Waals surface area (Å²) in [5.74, 6) is 1.34. The predicted molar refractivity (Wildman–Crippen MR) is 104 cm³/mol. The monoisotopic (exact) mass is 385 g/mol. The van der Waals surface area contributed by atoms with Gasteiger partial charge in [-0.25, -0.2) is 8.42 Å². The Labute approximate surface area is 155 Å². The van der Waals surface area contributed by atoms with Gasteiger partial charge in [0.2, 0.25) is 15.9 Å². The molecule has 25 heavy (non-hydrogen) atoms. The topological polar surface area (TPSA) is 69.7 Å². The molecule has 0 radical (unpaired) electrons. The Bertz CT molecular complexity index is 654. The SMILES string of the molecule is CCCCSCC(=O)Nc1ccc(S(=O)(=O)N2CCN(C)CC2)cc1. The van der Waals surface area contributed by atoms with E-state index in [0.29, 0.717) is 24.5 Å². The van der Waals surface area contributed by atoms with Crippen molar-refractivity contribution in [1.82, 2.24) is 9.21 Å². The fraction of sp³-hybridized carbons (Fsp3) is 0.588. The lowest BCUT2D eigenvalue weighted by molar-refractivity contribution is -0.113. The standard InChI is InChI=1S/C17H27N3O3S2/c1-3-4-13-24-14-17(21)18-15-5-7-16(8-6-15)25(22,23)20-11-9-19(2)10-12-20/h5-8H,3-4,9-14H2,1-2H3,(H,18,21). The minimum atomic E-state index is -3.46. The summed E-state index contributed by atoms with van der Waals surface area (Å²) in [6.07, 6.45) is 2.23. The van der Waals surface area contributed by atoms with E-state index >= 15 is 0 Å². The number of amides is 1. The maximum Gasteiger partial charge on any atom is 0.243 e. The van der Waals surface area contributed by atoms with Crippen LogP contribution in [0.15, 0.2) is 29.2 Å². The largest absolute Gasteiger partial charge is 0.325 e. The summed E-state index contributed by atoms with van der Waals surface area (Å²) in [7, 11) is -1.47. The second kappa shape index (κ2) is 9.56. The Morgan fingerprint density at radius 1 is 1.16 bits per heavy atom. The average Bonchev–Trinajstić information content (AvgIpc) is 2.60. The van der Waals surface area contributed by atoms with Crippen molar-refractivity contribution in [2.75, 3.05) is 50.0 Å². The smallest absolute Gasteiger partial charge is 0.243 e. The maximum atomic E-state index is 12.6. The molecule has 8 heteroatoms. The zero-order valence-corrected chi connectivity index (χ0v) is 16.5. The van der Waals surface area contributed by atoms with Crippen LogP contribution in [0.25, 0.3) is 0 Å². The number of hydrogen-bond acceptors (Lipinski definition) is 5. The number of carbonyl (C=O) groups is 1. The number of rotatable bonds is 8. The normalized spacial score (nSPS) is 16.7. The van der Waals surface area contributed by atoms with Crippen molar-refractivity contribution in [2.24, 2.45) is 0 Å². The lowest BCUT2D eigenvalue weighted by Gasteiger charge is -2.31. The van der Waals surface area contributed by atoms with E-state index in [1.807, 2.05) is 7.05 Å². The highest BCUT2D eigenvalue weighted by atomic mass is 32.2. The molecule has 1 aromatic rings. The van der Waals surface area contributed by atoms with Crippen molar-refractivity contribution in [1.29, 1.82) is 0 Å². The van der Waals surface area contributed by atoms with Gasteiger partial charge in [-0.1, -0.05) is 13.3 Å². The molecule has 0 atom stereocenters. The van der Waals surface area contributed by atoms with Crippen LogP contribution in [0, 0.1) is 0 Å². The number of carbonyl (C=O) groups excluding carboxylic acids is 1. The second-order valence-electron chi connectivity index (χ2n) is 6.19. The molecule has 0 unspecified atom stereocenters. The van der Waals surface area contributed by atoms with Crippen LogP contribution >= 0.6 is 11.8 Å². The Hall–Kier alpha value is -1.09. The Kier molecular flexibility index (Phi) is 7.74. The Morgan fingerprint density at radius 2 is 1.80 bits per heavy atom. The van der Waals surface area contributed by atoms with Crippen LogP contribution in [0.5, 0.6) is 0 Å². The molecular formula is C17H27N3O3S2. The highest BCUT2D eigenvalue weighted by molar-refractivity contribution is 7.99. The van der Waals surface area contributed by atoms with Crippen molar-refractivity contribution in [3.05, 3.63) is 24.3 Å². The summed E-state index contributed by atoms with van der Waals surface area (Å²) in [4.78, 5) is 14.3. The van der Waals surface area contributed by atoms with Gasteiger partial charge in [-0.15, -0.1) is 0 Å². The van der Waals surface area contributed by atoms with Gasteiger partial charge in [-0.2, -0.15) is 16.1 Å². The molecule has 1 saturated heterocycles. The molecule has 2 rings (SSSR count). The van der Waals surface area contributed by atoms with Crippen molar-refractivity contribution in [3.63, 3.8) is 0 Å². The van der Waals surface area contributed by atoms with Gasteiger partial charge in [0.1, 0.15) is 0 Å².